The highest BCUT2D eigenvalue weighted by molar-refractivity contribution is 7.99. The van der Waals surface area contributed by atoms with E-state index in [1.165, 1.54) is 4.90 Å². The number of carbonyl (C=O) groups is 1. The highest BCUT2D eigenvalue weighted by Gasteiger charge is 2.11. The van der Waals surface area contributed by atoms with Crippen molar-refractivity contribution >= 4 is 29.0 Å². The number of amides is 1. The number of nitrogens with one attached hydrogen (secondary N) is 2. The molecule has 112 valence electrons. The molecule has 0 aliphatic rings. The van der Waals surface area contributed by atoms with Gasteiger partial charge in [0.15, 0.2) is 5.69 Å². The lowest BCUT2D eigenvalue weighted by Gasteiger charge is -2.03. The summed E-state index contributed by atoms with van der Waals surface area (Å²) in [6.07, 6.45) is 0. The molecule has 0 spiro atoms. The van der Waals surface area contributed by atoms with Gasteiger partial charge in [-0.2, -0.15) is 5.10 Å². The zero-order valence-electron chi connectivity index (χ0n) is 11.8. The van der Waals surface area contributed by atoms with Crippen molar-refractivity contribution in [1.29, 1.82) is 0 Å². The van der Waals surface area contributed by atoms with Crippen LogP contribution in [0.25, 0.3) is 10.6 Å². The Bertz CT molecular complexity index is 723. The molecular weight excluding hydrogens is 314 g/mol. The van der Waals surface area contributed by atoms with Crippen LogP contribution in [0.4, 0.5) is 0 Å². The minimum Gasteiger partial charge on any atom is -0.350 e. The van der Waals surface area contributed by atoms with Crippen LogP contribution in [-0.4, -0.2) is 28.4 Å². The Morgan fingerprint density at radius 1 is 1.23 bits per heavy atom. The molecule has 1 amide bonds. The molecule has 6 heteroatoms. The van der Waals surface area contributed by atoms with E-state index in [4.69, 9.17) is 0 Å². The standard InChI is InChI=1S/C16H15N3OS2/c20-16(17-8-10-21-12-5-2-1-3-6-12)14-11-13(18-19-14)15-7-4-9-22-15/h1-7,9,11H,8,10H2,(H,17,20)(H,18,19). The fourth-order valence-corrected chi connectivity index (χ4v) is 3.42. The number of hydrogen-bond acceptors (Lipinski definition) is 4. The number of thiophene rings is 1. The molecule has 2 heterocycles. The zero-order chi connectivity index (χ0) is 15.2. The fraction of sp³-hybridized carbons (Fsp3) is 0.125. The second kappa shape index (κ2) is 7.29. The molecule has 3 aromatic rings. The van der Waals surface area contributed by atoms with E-state index in [-0.39, 0.29) is 5.91 Å². The number of aromatic amines is 1. The molecular formula is C16H15N3OS2. The maximum atomic E-state index is 12.0. The first-order chi connectivity index (χ1) is 10.8. The Morgan fingerprint density at radius 2 is 2.09 bits per heavy atom. The number of aromatic nitrogens is 2. The van der Waals surface area contributed by atoms with Crippen LogP contribution in [0.15, 0.2) is 58.8 Å². The lowest BCUT2D eigenvalue weighted by Crippen LogP contribution is -2.26. The number of nitrogens with zero attached hydrogens (tertiary/aromatic N) is 1. The van der Waals surface area contributed by atoms with Gasteiger partial charge in [0.2, 0.25) is 0 Å². The summed E-state index contributed by atoms with van der Waals surface area (Å²) in [6, 6.07) is 15.9. The monoisotopic (exact) mass is 329 g/mol. The maximum absolute atomic E-state index is 12.0. The second-order valence-corrected chi connectivity index (χ2v) is 6.68. The highest BCUT2D eigenvalue weighted by Crippen LogP contribution is 2.22. The summed E-state index contributed by atoms with van der Waals surface area (Å²) in [7, 11) is 0. The minimum absolute atomic E-state index is 0.146. The van der Waals surface area contributed by atoms with Crippen LogP contribution in [0.3, 0.4) is 0 Å². The molecule has 22 heavy (non-hydrogen) atoms. The van der Waals surface area contributed by atoms with E-state index < -0.39 is 0 Å². The predicted molar refractivity (Wildman–Crippen MR) is 91.4 cm³/mol. The van der Waals surface area contributed by atoms with Gasteiger partial charge in [-0.3, -0.25) is 9.89 Å². The van der Waals surface area contributed by atoms with Gasteiger partial charge >= 0.3 is 0 Å². The summed E-state index contributed by atoms with van der Waals surface area (Å²) in [5.41, 5.74) is 1.30. The van der Waals surface area contributed by atoms with Crippen molar-refractivity contribution in [2.75, 3.05) is 12.3 Å². The number of benzene rings is 1. The van der Waals surface area contributed by atoms with Crippen molar-refractivity contribution in [3.05, 3.63) is 59.6 Å². The maximum Gasteiger partial charge on any atom is 0.271 e. The first kappa shape index (κ1) is 14.9. The van der Waals surface area contributed by atoms with Crippen LogP contribution in [0, 0.1) is 0 Å². The Morgan fingerprint density at radius 3 is 2.86 bits per heavy atom. The zero-order valence-corrected chi connectivity index (χ0v) is 13.4. The Labute approximate surface area is 137 Å². The third-order valence-electron chi connectivity index (χ3n) is 3.00. The Hall–Kier alpha value is -2.05. The van der Waals surface area contributed by atoms with Gasteiger partial charge in [-0.15, -0.1) is 23.1 Å². The van der Waals surface area contributed by atoms with Crippen LogP contribution < -0.4 is 5.32 Å². The predicted octanol–water partition coefficient (Wildman–Crippen LogP) is 3.66. The molecule has 2 N–H and O–H groups in total. The van der Waals surface area contributed by atoms with Crippen LogP contribution in [0.5, 0.6) is 0 Å². The van der Waals surface area contributed by atoms with Crippen LogP contribution in [0.2, 0.25) is 0 Å². The topological polar surface area (TPSA) is 57.8 Å². The Kier molecular flexibility index (Phi) is 4.92. The van der Waals surface area contributed by atoms with Gasteiger partial charge in [0.05, 0.1) is 10.6 Å². The van der Waals surface area contributed by atoms with Gasteiger partial charge in [-0.1, -0.05) is 24.3 Å². The first-order valence-electron chi connectivity index (χ1n) is 6.88. The van der Waals surface area contributed by atoms with E-state index in [2.05, 4.69) is 27.6 Å². The molecule has 1 aromatic carbocycles. The average molecular weight is 329 g/mol. The molecule has 0 aliphatic carbocycles. The SMILES string of the molecule is O=C(NCCSc1ccccc1)c1cc(-c2cccs2)[nH]n1. The summed E-state index contributed by atoms with van der Waals surface area (Å²) in [5.74, 6) is 0.686. The van der Waals surface area contributed by atoms with Crippen molar-refractivity contribution < 1.29 is 4.79 Å². The van der Waals surface area contributed by atoms with Gasteiger partial charge < -0.3 is 5.32 Å². The normalized spacial score (nSPS) is 10.5. The Balaban J connectivity index is 1.48. The summed E-state index contributed by atoms with van der Waals surface area (Å²) >= 11 is 3.33. The smallest absolute Gasteiger partial charge is 0.271 e. The van der Waals surface area contributed by atoms with Crippen molar-refractivity contribution in [2.24, 2.45) is 0 Å². The third-order valence-corrected chi connectivity index (χ3v) is 4.91. The van der Waals surface area contributed by atoms with Crippen molar-refractivity contribution in [3.8, 4) is 10.6 Å². The number of hydrogen-bond donors (Lipinski definition) is 2. The molecule has 3 rings (SSSR count). The molecule has 0 fully saturated rings. The summed E-state index contributed by atoms with van der Waals surface area (Å²) in [6.45, 7) is 0.611. The number of H-pyrrole nitrogens is 1. The molecule has 0 atom stereocenters. The van der Waals surface area contributed by atoms with Crippen molar-refractivity contribution in [2.45, 2.75) is 4.90 Å². The van der Waals surface area contributed by atoms with E-state index in [0.717, 1.165) is 16.3 Å². The molecule has 0 radical (unpaired) electrons. The third kappa shape index (κ3) is 3.78. The lowest BCUT2D eigenvalue weighted by molar-refractivity contribution is 0.0951. The van der Waals surface area contributed by atoms with Gasteiger partial charge in [0.25, 0.3) is 5.91 Å². The van der Waals surface area contributed by atoms with Crippen molar-refractivity contribution in [1.82, 2.24) is 15.5 Å². The van der Waals surface area contributed by atoms with E-state index in [9.17, 15) is 4.79 Å². The molecule has 0 saturated heterocycles. The molecule has 0 unspecified atom stereocenters. The summed E-state index contributed by atoms with van der Waals surface area (Å²) < 4.78 is 0. The van der Waals surface area contributed by atoms with Gasteiger partial charge in [-0.25, -0.2) is 0 Å². The number of rotatable bonds is 6. The second-order valence-electron chi connectivity index (χ2n) is 4.56. The number of carbonyl (C=O) groups excluding carboxylic acids is 1. The van der Waals surface area contributed by atoms with E-state index in [1.54, 1.807) is 29.2 Å². The highest BCUT2D eigenvalue weighted by atomic mass is 32.2. The number of thioether (sulfide) groups is 1. The van der Waals surface area contributed by atoms with Gasteiger partial charge in [0, 0.05) is 17.2 Å². The van der Waals surface area contributed by atoms with Crippen molar-refractivity contribution in [3.63, 3.8) is 0 Å². The average Bonchev–Trinajstić information content (AvgIpc) is 3.22. The van der Waals surface area contributed by atoms with E-state index >= 15 is 0 Å². The molecule has 0 aliphatic heterocycles. The molecule has 0 bridgehead atoms. The van der Waals surface area contributed by atoms with Gasteiger partial charge in [-0.05, 0) is 29.6 Å². The van der Waals surface area contributed by atoms with Crippen LogP contribution >= 0.6 is 23.1 Å². The molecule has 2 aromatic heterocycles. The fourth-order valence-electron chi connectivity index (χ4n) is 1.94. The van der Waals surface area contributed by atoms with E-state index in [0.29, 0.717) is 12.2 Å². The van der Waals surface area contributed by atoms with Crippen LogP contribution in [0.1, 0.15) is 10.5 Å². The van der Waals surface area contributed by atoms with Crippen LogP contribution in [-0.2, 0) is 0 Å². The largest absolute Gasteiger partial charge is 0.350 e. The lowest BCUT2D eigenvalue weighted by atomic mass is 10.3. The first-order valence-corrected chi connectivity index (χ1v) is 8.75. The van der Waals surface area contributed by atoms with E-state index in [1.807, 2.05) is 35.7 Å². The summed E-state index contributed by atoms with van der Waals surface area (Å²) in [4.78, 5) is 14.3. The summed E-state index contributed by atoms with van der Waals surface area (Å²) in [5, 5.41) is 11.9. The van der Waals surface area contributed by atoms with Gasteiger partial charge in [0.1, 0.15) is 0 Å². The quantitative estimate of drug-likeness (QED) is 0.536. The minimum atomic E-state index is -0.146. The molecule has 4 nitrogen and oxygen atoms in total. The molecule has 0 saturated carbocycles.